The molecule has 1 aromatic carbocycles. The van der Waals surface area contributed by atoms with Crippen LogP contribution in [0.2, 0.25) is 0 Å². The molecule has 0 bridgehead atoms. The highest BCUT2D eigenvalue weighted by Crippen LogP contribution is 2.01. The minimum atomic E-state index is -0.445. The van der Waals surface area contributed by atoms with Crippen molar-refractivity contribution in [1.82, 2.24) is 5.32 Å². The zero-order valence-electron chi connectivity index (χ0n) is 9.78. The summed E-state index contributed by atoms with van der Waals surface area (Å²) in [5.41, 5.74) is 6.92. The fourth-order valence-electron chi connectivity index (χ4n) is 1.48. The molecule has 0 aromatic heterocycles. The van der Waals surface area contributed by atoms with Crippen LogP contribution in [0.1, 0.15) is 25.3 Å². The highest BCUT2D eigenvalue weighted by atomic mass is 17.1. The van der Waals surface area contributed by atoms with Crippen LogP contribution in [-0.2, 0) is 11.2 Å². The number of benzene rings is 1. The summed E-state index contributed by atoms with van der Waals surface area (Å²) < 4.78 is 0. The Kier molecular flexibility index (Phi) is 5.57. The second kappa shape index (κ2) is 7.01. The highest BCUT2D eigenvalue weighted by molar-refractivity contribution is 5.81. The van der Waals surface area contributed by atoms with E-state index in [9.17, 15) is 4.79 Å². The van der Waals surface area contributed by atoms with Gasteiger partial charge in [-0.25, -0.2) is 0 Å². The van der Waals surface area contributed by atoms with Crippen molar-refractivity contribution in [3.8, 4) is 0 Å². The number of nitrogens with one attached hydrogen (secondary N) is 1. The fourth-order valence-corrected chi connectivity index (χ4v) is 1.48. The van der Waals surface area contributed by atoms with Crippen molar-refractivity contribution in [3.63, 3.8) is 0 Å². The van der Waals surface area contributed by atoms with Crippen molar-refractivity contribution in [2.75, 3.05) is 6.54 Å². The van der Waals surface area contributed by atoms with Gasteiger partial charge in [0.1, 0.15) is 0 Å². The van der Waals surface area contributed by atoms with E-state index in [-0.39, 0.29) is 5.91 Å². The van der Waals surface area contributed by atoms with E-state index in [0.717, 1.165) is 24.9 Å². The number of hydrogen-bond acceptors (Lipinski definition) is 2. The number of unbranched alkanes of at least 4 members (excludes halogenated alkanes) is 1. The molecule has 0 saturated heterocycles. The first-order valence-corrected chi connectivity index (χ1v) is 5.81. The molecule has 1 aromatic rings. The zero-order chi connectivity index (χ0) is 11.8. The molecular formula is C13H20N2O. The average Bonchev–Trinajstić information content (AvgIpc) is 2.30. The van der Waals surface area contributed by atoms with Gasteiger partial charge in [0.2, 0.25) is 5.91 Å². The molecule has 1 atom stereocenters. The van der Waals surface area contributed by atoms with Crippen LogP contribution >= 0.6 is 0 Å². The van der Waals surface area contributed by atoms with E-state index in [1.165, 1.54) is 0 Å². The molecule has 0 aliphatic carbocycles. The van der Waals surface area contributed by atoms with E-state index in [1.807, 2.05) is 30.3 Å². The van der Waals surface area contributed by atoms with Gasteiger partial charge < -0.3 is 11.1 Å². The summed E-state index contributed by atoms with van der Waals surface area (Å²) in [7, 11) is 0. The summed E-state index contributed by atoms with van der Waals surface area (Å²) in [5, 5.41) is 2.84. The molecule has 0 saturated carbocycles. The van der Waals surface area contributed by atoms with Crippen LogP contribution in [0.5, 0.6) is 0 Å². The van der Waals surface area contributed by atoms with Crippen LogP contribution < -0.4 is 11.1 Å². The summed E-state index contributed by atoms with van der Waals surface area (Å²) in [5.74, 6) is -0.0581. The van der Waals surface area contributed by atoms with Gasteiger partial charge in [-0.2, -0.15) is 0 Å². The minimum Gasteiger partial charge on any atom is -0.355 e. The van der Waals surface area contributed by atoms with Crippen LogP contribution in [0, 0.1) is 0 Å². The Hall–Kier alpha value is -1.35. The van der Waals surface area contributed by atoms with E-state index in [1.54, 1.807) is 0 Å². The summed E-state index contributed by atoms with van der Waals surface area (Å²) in [6.07, 6.45) is 2.68. The third-order valence-electron chi connectivity index (χ3n) is 2.46. The Balaban J connectivity index is 2.34. The first-order valence-electron chi connectivity index (χ1n) is 5.81. The number of carbonyl (C=O) groups is 1. The number of nitrogens with two attached hydrogens (primary N) is 1. The predicted octanol–water partition coefficient (Wildman–Crippen LogP) is 1.47. The van der Waals surface area contributed by atoms with Gasteiger partial charge in [-0.15, -0.1) is 0 Å². The fraction of sp³-hybridized carbons (Fsp3) is 0.462. The maximum atomic E-state index is 11.6. The van der Waals surface area contributed by atoms with E-state index >= 15 is 0 Å². The SMILES string of the molecule is CCCCNC(=[17O])[C@@H](N)Cc1ccccc1. The summed E-state index contributed by atoms with van der Waals surface area (Å²) in [6.45, 7) is 2.81. The topological polar surface area (TPSA) is 55.1 Å². The van der Waals surface area contributed by atoms with Gasteiger partial charge in [0, 0.05) is 6.54 Å². The summed E-state index contributed by atoms with van der Waals surface area (Å²) in [4.78, 5) is 11.6. The van der Waals surface area contributed by atoms with Gasteiger partial charge in [-0.3, -0.25) is 4.79 Å². The maximum Gasteiger partial charge on any atom is 0.237 e. The third kappa shape index (κ3) is 4.45. The Morgan fingerprint density at radius 1 is 1.38 bits per heavy atom. The maximum absolute atomic E-state index is 11.6. The highest BCUT2D eigenvalue weighted by Gasteiger charge is 2.12. The van der Waals surface area contributed by atoms with Crippen molar-refractivity contribution in [2.45, 2.75) is 32.2 Å². The second-order valence-corrected chi connectivity index (χ2v) is 3.94. The monoisotopic (exact) mass is 221 g/mol. The molecule has 3 nitrogen and oxygen atoms in total. The molecule has 16 heavy (non-hydrogen) atoms. The number of rotatable bonds is 6. The Morgan fingerprint density at radius 2 is 2.06 bits per heavy atom. The van der Waals surface area contributed by atoms with Crippen molar-refractivity contribution >= 4 is 5.91 Å². The number of carbonyl (C=O) groups excluding carboxylic acids is 1. The number of hydrogen-bond donors (Lipinski definition) is 2. The van der Waals surface area contributed by atoms with Crippen LogP contribution in [0.15, 0.2) is 30.3 Å². The Bertz CT molecular complexity index is 311. The van der Waals surface area contributed by atoms with Crippen molar-refractivity contribution < 1.29 is 4.79 Å². The van der Waals surface area contributed by atoms with Crippen molar-refractivity contribution in [3.05, 3.63) is 35.9 Å². The Labute approximate surface area is 97.0 Å². The van der Waals surface area contributed by atoms with Gasteiger partial charge in [0.15, 0.2) is 0 Å². The quantitative estimate of drug-likeness (QED) is 0.715. The van der Waals surface area contributed by atoms with Gasteiger partial charge in [0.05, 0.1) is 6.04 Å². The lowest BCUT2D eigenvalue weighted by Crippen LogP contribution is -2.42. The predicted molar refractivity (Wildman–Crippen MR) is 66.0 cm³/mol. The molecule has 1 amide bonds. The Morgan fingerprint density at radius 3 is 2.69 bits per heavy atom. The van der Waals surface area contributed by atoms with Crippen LogP contribution in [-0.4, -0.2) is 18.5 Å². The molecule has 88 valence electrons. The van der Waals surface area contributed by atoms with E-state index in [0.29, 0.717) is 6.42 Å². The number of amides is 1. The molecular weight excluding hydrogens is 201 g/mol. The molecule has 0 heterocycles. The van der Waals surface area contributed by atoms with Crippen LogP contribution in [0.4, 0.5) is 0 Å². The van der Waals surface area contributed by atoms with E-state index < -0.39 is 6.04 Å². The van der Waals surface area contributed by atoms with Gasteiger partial charge in [0.25, 0.3) is 0 Å². The molecule has 3 heteroatoms. The summed E-state index contributed by atoms with van der Waals surface area (Å²) >= 11 is 0. The van der Waals surface area contributed by atoms with Crippen LogP contribution in [0.25, 0.3) is 0 Å². The van der Waals surface area contributed by atoms with E-state index in [4.69, 9.17) is 5.73 Å². The van der Waals surface area contributed by atoms with Crippen molar-refractivity contribution in [1.29, 1.82) is 0 Å². The normalized spacial score (nSPS) is 12.1. The largest absolute Gasteiger partial charge is 0.355 e. The molecule has 3 N–H and O–H groups in total. The van der Waals surface area contributed by atoms with Crippen molar-refractivity contribution in [2.24, 2.45) is 5.73 Å². The van der Waals surface area contributed by atoms with Crippen LogP contribution in [0.3, 0.4) is 0 Å². The molecule has 0 radical (unpaired) electrons. The first kappa shape index (κ1) is 12.7. The average molecular weight is 221 g/mol. The lowest BCUT2D eigenvalue weighted by molar-refractivity contribution is -0.122. The molecule has 0 aliphatic heterocycles. The van der Waals surface area contributed by atoms with E-state index in [2.05, 4.69) is 12.2 Å². The molecule has 0 unspecified atom stereocenters. The standard InChI is InChI=1S/C13H20N2O/c1-2-3-9-15-13(16)12(14)10-11-7-5-4-6-8-11/h4-8,12H,2-3,9-10,14H2,1H3,(H,15,16)/t12-/m0/s1/i16+1. The molecule has 1 rings (SSSR count). The van der Waals surface area contributed by atoms with Gasteiger partial charge in [-0.1, -0.05) is 43.7 Å². The second-order valence-electron chi connectivity index (χ2n) is 3.94. The molecule has 0 aliphatic rings. The minimum absolute atomic E-state index is 0.0581. The zero-order valence-corrected chi connectivity index (χ0v) is 9.78. The third-order valence-corrected chi connectivity index (χ3v) is 2.46. The smallest absolute Gasteiger partial charge is 0.237 e. The lowest BCUT2D eigenvalue weighted by Gasteiger charge is -2.11. The van der Waals surface area contributed by atoms with Gasteiger partial charge in [-0.05, 0) is 18.4 Å². The summed E-state index contributed by atoms with van der Waals surface area (Å²) in [6, 6.07) is 9.39. The lowest BCUT2D eigenvalue weighted by atomic mass is 10.1. The first-order chi connectivity index (χ1) is 7.74. The molecule has 0 fully saturated rings. The van der Waals surface area contributed by atoms with Gasteiger partial charge >= 0.3 is 0 Å². The molecule has 0 spiro atoms.